The van der Waals surface area contributed by atoms with Crippen LogP contribution in [0.5, 0.6) is 17.2 Å². The third kappa shape index (κ3) is 5.46. The third-order valence-corrected chi connectivity index (χ3v) is 7.34. The fourth-order valence-corrected chi connectivity index (χ4v) is 5.43. The fourth-order valence-electron chi connectivity index (χ4n) is 4.37. The number of fused-ring (bicyclic) bond motifs is 1. The number of nitrogens with one attached hydrogen (secondary N) is 1. The standard InChI is InChI=1S/C27H28N4O4S/c1-33-20-10-12-21(13-11-20)34-14-15-35-22-9-5-6-18(16-22)17-23-24(28)31-27(29-25(23)32)36-26(30-31)19-7-3-2-4-8-19/h5-6,9-13,16-17,19,28H,2-4,7-8,14-15H2,1H3/b23-17+,28-24?. The van der Waals surface area contributed by atoms with Crippen LogP contribution in [0.2, 0.25) is 0 Å². The first kappa shape index (κ1) is 24.1. The SMILES string of the molecule is COc1ccc(OCCOc2cccc(/C=C3\C(=N)N4N=C(C5CCCCC5)SC4=NC3=O)c2)cc1. The summed E-state index contributed by atoms with van der Waals surface area (Å²) in [5.74, 6) is 2.20. The van der Waals surface area contributed by atoms with Crippen molar-refractivity contribution in [1.82, 2.24) is 5.01 Å². The molecule has 0 bridgehead atoms. The maximum Gasteiger partial charge on any atom is 0.283 e. The van der Waals surface area contributed by atoms with Crippen LogP contribution in [0.25, 0.3) is 6.08 Å². The highest BCUT2D eigenvalue weighted by atomic mass is 32.2. The van der Waals surface area contributed by atoms with Gasteiger partial charge in [0.25, 0.3) is 5.91 Å². The van der Waals surface area contributed by atoms with Gasteiger partial charge in [-0.05, 0) is 72.6 Å². The van der Waals surface area contributed by atoms with Gasteiger partial charge in [-0.15, -0.1) is 0 Å². The molecule has 1 amide bonds. The van der Waals surface area contributed by atoms with E-state index in [0.29, 0.717) is 30.0 Å². The van der Waals surface area contributed by atoms with Crippen molar-refractivity contribution in [3.63, 3.8) is 0 Å². The molecule has 0 spiro atoms. The van der Waals surface area contributed by atoms with Crippen molar-refractivity contribution in [2.24, 2.45) is 16.0 Å². The molecule has 2 aromatic carbocycles. The molecular formula is C27H28N4O4S. The smallest absolute Gasteiger partial charge is 0.283 e. The number of carbonyl (C=O) groups is 1. The molecule has 0 atom stereocenters. The molecule has 186 valence electrons. The molecule has 0 unspecified atom stereocenters. The molecule has 5 rings (SSSR count). The van der Waals surface area contributed by atoms with Crippen molar-refractivity contribution >= 4 is 39.8 Å². The Labute approximate surface area is 214 Å². The van der Waals surface area contributed by atoms with Gasteiger partial charge in [0.05, 0.1) is 12.7 Å². The minimum absolute atomic E-state index is 0.0579. The first-order valence-corrected chi connectivity index (χ1v) is 12.9. The average molecular weight is 505 g/mol. The maximum absolute atomic E-state index is 12.8. The second-order valence-electron chi connectivity index (χ2n) is 8.74. The summed E-state index contributed by atoms with van der Waals surface area (Å²) < 4.78 is 16.7. The summed E-state index contributed by atoms with van der Waals surface area (Å²) in [6, 6.07) is 14.8. The molecular weight excluding hydrogens is 476 g/mol. The summed E-state index contributed by atoms with van der Waals surface area (Å²) >= 11 is 1.43. The third-order valence-electron chi connectivity index (χ3n) is 6.27. The Hall–Kier alpha value is -3.59. The van der Waals surface area contributed by atoms with Gasteiger partial charge in [0.1, 0.15) is 35.5 Å². The van der Waals surface area contributed by atoms with Gasteiger partial charge >= 0.3 is 0 Å². The van der Waals surface area contributed by atoms with Gasteiger partial charge in [-0.2, -0.15) is 15.1 Å². The minimum atomic E-state index is -0.418. The number of nitrogens with zero attached hydrogens (tertiary/aromatic N) is 3. The number of hydrogen-bond acceptors (Lipinski definition) is 7. The van der Waals surface area contributed by atoms with Crippen LogP contribution < -0.4 is 14.2 Å². The van der Waals surface area contributed by atoms with Crippen LogP contribution in [0, 0.1) is 11.3 Å². The lowest BCUT2D eigenvalue weighted by Crippen LogP contribution is -2.35. The number of thioether (sulfide) groups is 1. The van der Waals surface area contributed by atoms with E-state index in [9.17, 15) is 4.79 Å². The van der Waals surface area contributed by atoms with E-state index in [-0.39, 0.29) is 11.4 Å². The lowest BCUT2D eigenvalue weighted by molar-refractivity contribution is -0.114. The van der Waals surface area contributed by atoms with Crippen LogP contribution >= 0.6 is 11.8 Å². The van der Waals surface area contributed by atoms with E-state index in [1.807, 2.05) is 48.5 Å². The number of methoxy groups -OCH3 is 1. The summed E-state index contributed by atoms with van der Waals surface area (Å²) in [7, 11) is 1.62. The molecule has 1 aliphatic carbocycles. The molecule has 2 heterocycles. The Kier molecular flexibility index (Phi) is 7.36. The number of amides is 1. The molecule has 3 aliphatic rings. The molecule has 9 heteroatoms. The van der Waals surface area contributed by atoms with Crippen LogP contribution in [0.15, 0.2) is 64.2 Å². The number of hydrazone groups is 1. The van der Waals surface area contributed by atoms with E-state index in [4.69, 9.17) is 19.6 Å². The van der Waals surface area contributed by atoms with Gasteiger partial charge in [0.2, 0.25) is 5.17 Å². The number of amidine groups is 2. The monoisotopic (exact) mass is 504 g/mol. The summed E-state index contributed by atoms with van der Waals surface area (Å²) in [6.07, 6.45) is 7.54. The molecule has 0 aromatic heterocycles. The Balaban J connectivity index is 1.21. The summed E-state index contributed by atoms with van der Waals surface area (Å²) in [5.41, 5.74) is 0.964. The zero-order chi connectivity index (χ0) is 24.9. The van der Waals surface area contributed by atoms with Crippen LogP contribution in [0.3, 0.4) is 0 Å². The second kappa shape index (κ2) is 11.0. The number of rotatable bonds is 8. The quantitative estimate of drug-likeness (QED) is 0.384. The Bertz CT molecular complexity index is 1230. The van der Waals surface area contributed by atoms with E-state index < -0.39 is 5.91 Å². The van der Waals surface area contributed by atoms with Crippen molar-refractivity contribution in [3.8, 4) is 17.2 Å². The Morgan fingerprint density at radius 2 is 1.75 bits per heavy atom. The van der Waals surface area contributed by atoms with E-state index >= 15 is 0 Å². The predicted molar refractivity (Wildman–Crippen MR) is 142 cm³/mol. The molecule has 8 nitrogen and oxygen atoms in total. The topological polar surface area (TPSA) is 96.6 Å². The summed E-state index contributed by atoms with van der Waals surface area (Å²) in [5, 5.41) is 16.2. The highest BCUT2D eigenvalue weighted by Gasteiger charge is 2.37. The predicted octanol–water partition coefficient (Wildman–Crippen LogP) is 5.35. The molecule has 1 fully saturated rings. The van der Waals surface area contributed by atoms with Crippen LogP contribution in [0.1, 0.15) is 37.7 Å². The Morgan fingerprint density at radius 3 is 2.50 bits per heavy atom. The van der Waals surface area contributed by atoms with Crippen molar-refractivity contribution < 1.29 is 19.0 Å². The average Bonchev–Trinajstić information content (AvgIpc) is 3.34. The highest BCUT2D eigenvalue weighted by Crippen LogP contribution is 2.36. The molecule has 0 radical (unpaired) electrons. The van der Waals surface area contributed by atoms with Crippen molar-refractivity contribution in [1.29, 1.82) is 5.41 Å². The highest BCUT2D eigenvalue weighted by molar-refractivity contribution is 8.27. The zero-order valence-corrected chi connectivity index (χ0v) is 20.9. The molecule has 2 aromatic rings. The molecule has 0 saturated heterocycles. The molecule has 1 saturated carbocycles. The maximum atomic E-state index is 12.8. The van der Waals surface area contributed by atoms with Crippen LogP contribution in [-0.2, 0) is 4.79 Å². The lowest BCUT2D eigenvalue weighted by Gasteiger charge is -2.20. The van der Waals surface area contributed by atoms with Crippen LogP contribution in [-0.4, -0.2) is 47.3 Å². The Morgan fingerprint density at radius 1 is 1.03 bits per heavy atom. The summed E-state index contributed by atoms with van der Waals surface area (Å²) in [6.45, 7) is 0.740. The van der Waals surface area contributed by atoms with Crippen molar-refractivity contribution in [2.45, 2.75) is 32.1 Å². The number of benzene rings is 2. The first-order chi connectivity index (χ1) is 17.6. The fraction of sp³-hybridized carbons (Fsp3) is 0.333. The zero-order valence-electron chi connectivity index (χ0n) is 20.1. The van der Waals surface area contributed by atoms with Gasteiger partial charge in [-0.3, -0.25) is 10.2 Å². The number of ether oxygens (including phenoxy) is 3. The van der Waals surface area contributed by atoms with E-state index in [2.05, 4.69) is 10.1 Å². The van der Waals surface area contributed by atoms with Crippen LogP contribution in [0.4, 0.5) is 0 Å². The second-order valence-corrected chi connectivity index (χ2v) is 9.73. The van der Waals surface area contributed by atoms with E-state index in [1.54, 1.807) is 13.2 Å². The lowest BCUT2D eigenvalue weighted by atomic mass is 9.90. The van der Waals surface area contributed by atoms with Gasteiger partial charge in [-0.25, -0.2) is 0 Å². The van der Waals surface area contributed by atoms with Gasteiger partial charge in [0, 0.05) is 5.92 Å². The number of carbonyl (C=O) groups excluding carboxylic acids is 1. The molecule has 2 aliphatic heterocycles. The number of aliphatic imine (C=N–C) groups is 1. The normalized spacial score (nSPS) is 19.1. The van der Waals surface area contributed by atoms with Gasteiger partial charge in [0.15, 0.2) is 5.84 Å². The molecule has 36 heavy (non-hydrogen) atoms. The van der Waals surface area contributed by atoms with Gasteiger partial charge < -0.3 is 14.2 Å². The summed E-state index contributed by atoms with van der Waals surface area (Å²) in [4.78, 5) is 17.0. The van der Waals surface area contributed by atoms with Crippen molar-refractivity contribution in [2.75, 3.05) is 20.3 Å². The number of hydrogen-bond donors (Lipinski definition) is 1. The van der Waals surface area contributed by atoms with E-state index in [0.717, 1.165) is 34.9 Å². The minimum Gasteiger partial charge on any atom is -0.497 e. The molecule has 1 N–H and O–H groups in total. The largest absolute Gasteiger partial charge is 0.497 e. The van der Waals surface area contributed by atoms with E-state index in [1.165, 1.54) is 36.0 Å². The van der Waals surface area contributed by atoms with Crippen molar-refractivity contribution in [3.05, 3.63) is 59.7 Å². The van der Waals surface area contributed by atoms with Gasteiger partial charge in [-0.1, -0.05) is 31.4 Å². The first-order valence-electron chi connectivity index (χ1n) is 12.1.